The number of carbonyl (C=O) groups is 2. The highest BCUT2D eigenvalue weighted by Gasteiger charge is 2.21. The zero-order valence-electron chi connectivity index (χ0n) is 26.1. The molecule has 3 aromatic carbocycles. The third-order valence-corrected chi connectivity index (χ3v) is 7.59. The number of nitrogens with one attached hydrogen (secondary N) is 1. The monoisotopic (exact) mass is 597 g/mol. The molecule has 4 rings (SSSR count). The average Bonchev–Trinajstić information content (AvgIpc) is 3.51. The first-order chi connectivity index (χ1) is 21.1. The lowest BCUT2D eigenvalue weighted by Crippen LogP contribution is -2.41. The summed E-state index contributed by atoms with van der Waals surface area (Å²) in [4.78, 5) is 29.2. The molecular weight excluding hydrogens is 554 g/mol. The number of carbonyl (C=O) groups excluding carboxylic acids is 1. The maximum Gasteiger partial charge on any atom is 0.326 e. The van der Waals surface area contributed by atoms with Gasteiger partial charge in [0.1, 0.15) is 11.8 Å². The highest BCUT2D eigenvalue weighted by Crippen LogP contribution is 2.25. The number of nitrogens with zero attached hydrogens (tertiary/aromatic N) is 2. The van der Waals surface area contributed by atoms with E-state index in [1.165, 1.54) is 25.7 Å². The van der Waals surface area contributed by atoms with Crippen molar-refractivity contribution in [1.29, 1.82) is 0 Å². The van der Waals surface area contributed by atoms with Crippen molar-refractivity contribution >= 4 is 11.9 Å². The molecule has 1 amide bonds. The molecule has 232 valence electrons. The second-order valence-corrected chi connectivity index (χ2v) is 12.1. The van der Waals surface area contributed by atoms with Crippen LogP contribution in [0.4, 0.5) is 0 Å². The Morgan fingerprint density at radius 2 is 1.55 bits per heavy atom. The third kappa shape index (κ3) is 9.27. The Morgan fingerprint density at radius 3 is 2.18 bits per heavy atom. The minimum Gasteiger partial charge on any atom is -0.494 e. The van der Waals surface area contributed by atoms with Gasteiger partial charge in [-0.2, -0.15) is 4.98 Å². The van der Waals surface area contributed by atoms with Gasteiger partial charge in [-0.3, -0.25) is 4.79 Å². The summed E-state index contributed by atoms with van der Waals surface area (Å²) >= 11 is 0. The maximum absolute atomic E-state index is 12.7. The molecule has 4 aromatic rings. The average molecular weight is 598 g/mol. The SMILES string of the molecule is CCCCCCCOc1ccc(-c2nc(-c3ccc(CCC(NC(=O)c4ccc(C(C)(C)C)cc4)C(=O)O)cc3)no2)cc1. The van der Waals surface area contributed by atoms with E-state index in [1.807, 2.05) is 60.7 Å². The van der Waals surface area contributed by atoms with Crippen LogP contribution >= 0.6 is 0 Å². The standard InChI is InChI=1S/C36H43N3O5/c1-5-6-7-8-9-24-43-30-21-17-28(18-22-30)34-38-32(39-44-34)26-13-10-25(11-14-26)12-23-31(35(41)42)37-33(40)27-15-19-29(20-16-27)36(2,3)4/h10-11,13-22,31H,5-9,12,23-24H2,1-4H3,(H,37,40)(H,41,42). The molecule has 2 N–H and O–H groups in total. The predicted octanol–water partition coefficient (Wildman–Crippen LogP) is 7.87. The normalized spacial score (nSPS) is 12.1. The van der Waals surface area contributed by atoms with Crippen molar-refractivity contribution in [3.05, 3.63) is 89.5 Å². The van der Waals surface area contributed by atoms with Crippen LogP contribution in [0.1, 0.15) is 87.7 Å². The fourth-order valence-electron chi connectivity index (χ4n) is 4.80. The van der Waals surface area contributed by atoms with Gasteiger partial charge in [-0.05, 0) is 72.2 Å². The van der Waals surface area contributed by atoms with Crippen molar-refractivity contribution in [1.82, 2.24) is 15.5 Å². The van der Waals surface area contributed by atoms with Gasteiger partial charge in [0.2, 0.25) is 5.82 Å². The molecule has 1 heterocycles. The number of aryl methyl sites for hydroxylation is 1. The topological polar surface area (TPSA) is 115 Å². The zero-order chi connectivity index (χ0) is 31.5. The summed E-state index contributed by atoms with van der Waals surface area (Å²) in [5, 5.41) is 16.5. The lowest BCUT2D eigenvalue weighted by molar-refractivity contribution is -0.139. The highest BCUT2D eigenvalue weighted by molar-refractivity contribution is 5.96. The van der Waals surface area contributed by atoms with Gasteiger partial charge in [0.15, 0.2) is 0 Å². The Morgan fingerprint density at radius 1 is 0.886 bits per heavy atom. The number of hydrogen-bond acceptors (Lipinski definition) is 6. The summed E-state index contributed by atoms with van der Waals surface area (Å²) in [6.45, 7) is 9.22. The number of unbranched alkanes of at least 4 members (excludes halogenated alkanes) is 4. The van der Waals surface area contributed by atoms with Crippen LogP contribution in [0.3, 0.4) is 0 Å². The second kappa shape index (κ2) is 15.3. The molecule has 0 saturated carbocycles. The summed E-state index contributed by atoms with van der Waals surface area (Å²) in [6, 6.07) is 21.5. The molecule has 1 unspecified atom stereocenters. The van der Waals surface area contributed by atoms with Gasteiger partial charge in [-0.15, -0.1) is 0 Å². The van der Waals surface area contributed by atoms with Crippen molar-refractivity contribution in [2.75, 3.05) is 6.61 Å². The van der Waals surface area contributed by atoms with E-state index < -0.39 is 17.9 Å². The lowest BCUT2D eigenvalue weighted by Gasteiger charge is -2.19. The van der Waals surface area contributed by atoms with Gasteiger partial charge in [-0.25, -0.2) is 4.79 Å². The van der Waals surface area contributed by atoms with Crippen LogP contribution in [0.2, 0.25) is 0 Å². The Kier molecular flexibility index (Phi) is 11.3. The number of amides is 1. The Bertz CT molecular complexity index is 1490. The highest BCUT2D eigenvalue weighted by atomic mass is 16.5. The molecule has 0 aliphatic carbocycles. The van der Waals surface area contributed by atoms with Gasteiger partial charge in [0.25, 0.3) is 11.8 Å². The fourth-order valence-corrected chi connectivity index (χ4v) is 4.80. The van der Waals surface area contributed by atoms with Crippen LogP contribution in [0.25, 0.3) is 22.8 Å². The Labute approximate surface area is 259 Å². The molecule has 1 atom stereocenters. The molecule has 44 heavy (non-hydrogen) atoms. The van der Waals surface area contributed by atoms with Crippen LogP contribution < -0.4 is 10.1 Å². The van der Waals surface area contributed by atoms with Gasteiger partial charge < -0.3 is 19.7 Å². The molecule has 8 heteroatoms. The third-order valence-electron chi connectivity index (χ3n) is 7.59. The minimum atomic E-state index is -1.07. The van der Waals surface area contributed by atoms with Gasteiger partial charge in [0, 0.05) is 16.7 Å². The van der Waals surface area contributed by atoms with E-state index in [2.05, 4.69) is 43.2 Å². The lowest BCUT2D eigenvalue weighted by atomic mass is 9.86. The van der Waals surface area contributed by atoms with Crippen molar-refractivity contribution in [2.45, 2.75) is 84.1 Å². The summed E-state index contributed by atoms with van der Waals surface area (Å²) in [6.07, 6.45) is 6.73. The largest absolute Gasteiger partial charge is 0.494 e. The molecule has 0 saturated heterocycles. The fraction of sp³-hybridized carbons (Fsp3) is 0.389. The molecular formula is C36H43N3O5. The number of aliphatic carboxylic acids is 1. The molecule has 1 aromatic heterocycles. The summed E-state index contributed by atoms with van der Waals surface area (Å²) in [5.74, 6) is 0.234. The van der Waals surface area contributed by atoms with E-state index in [1.54, 1.807) is 12.1 Å². The summed E-state index contributed by atoms with van der Waals surface area (Å²) in [7, 11) is 0. The summed E-state index contributed by atoms with van der Waals surface area (Å²) in [5.41, 5.74) is 4.04. The molecule has 0 aliphatic rings. The van der Waals surface area contributed by atoms with E-state index in [-0.39, 0.29) is 11.8 Å². The van der Waals surface area contributed by atoms with Gasteiger partial charge in [0.05, 0.1) is 6.61 Å². The van der Waals surface area contributed by atoms with Crippen LogP contribution in [0.15, 0.2) is 77.3 Å². The number of benzene rings is 3. The molecule has 0 bridgehead atoms. The maximum atomic E-state index is 12.7. The first kappa shape index (κ1) is 32.5. The number of hydrogen-bond donors (Lipinski definition) is 2. The molecule has 0 radical (unpaired) electrons. The summed E-state index contributed by atoms with van der Waals surface area (Å²) < 4.78 is 11.3. The Hall–Kier alpha value is -4.46. The molecule has 8 nitrogen and oxygen atoms in total. The van der Waals surface area contributed by atoms with E-state index >= 15 is 0 Å². The number of rotatable bonds is 15. The Balaban J connectivity index is 1.29. The van der Waals surface area contributed by atoms with Crippen molar-refractivity contribution in [3.8, 4) is 28.6 Å². The van der Waals surface area contributed by atoms with Crippen LogP contribution in [-0.4, -0.2) is 39.8 Å². The predicted molar refractivity (Wildman–Crippen MR) is 172 cm³/mol. The van der Waals surface area contributed by atoms with Crippen molar-refractivity contribution in [3.63, 3.8) is 0 Å². The van der Waals surface area contributed by atoms with Gasteiger partial charge >= 0.3 is 5.97 Å². The molecule has 0 aliphatic heterocycles. The quantitative estimate of drug-likeness (QED) is 0.134. The van der Waals surface area contributed by atoms with Crippen molar-refractivity contribution < 1.29 is 24.0 Å². The van der Waals surface area contributed by atoms with E-state index in [4.69, 9.17) is 9.26 Å². The number of carboxylic acid groups (broad SMARTS) is 1. The van der Waals surface area contributed by atoms with Crippen molar-refractivity contribution in [2.24, 2.45) is 0 Å². The molecule has 0 fully saturated rings. The number of carboxylic acids is 1. The number of aromatic nitrogens is 2. The molecule has 0 spiro atoms. The first-order valence-electron chi connectivity index (χ1n) is 15.4. The first-order valence-corrected chi connectivity index (χ1v) is 15.4. The zero-order valence-corrected chi connectivity index (χ0v) is 26.1. The second-order valence-electron chi connectivity index (χ2n) is 12.1. The number of ether oxygens (including phenoxy) is 1. The van der Waals surface area contributed by atoms with Gasteiger partial charge in [-0.1, -0.05) is 94.9 Å². The van der Waals surface area contributed by atoms with E-state index in [0.29, 0.717) is 30.3 Å². The van der Waals surface area contributed by atoms with E-state index in [0.717, 1.165) is 34.4 Å². The van der Waals surface area contributed by atoms with Crippen LogP contribution in [-0.2, 0) is 16.6 Å². The minimum absolute atomic E-state index is 0.0328. The van der Waals surface area contributed by atoms with E-state index in [9.17, 15) is 14.7 Å². The van der Waals surface area contributed by atoms with Crippen LogP contribution in [0, 0.1) is 0 Å². The smallest absolute Gasteiger partial charge is 0.326 e. The van der Waals surface area contributed by atoms with Crippen LogP contribution in [0.5, 0.6) is 5.75 Å².